The van der Waals surface area contributed by atoms with Crippen molar-refractivity contribution in [3.63, 3.8) is 0 Å². The van der Waals surface area contributed by atoms with Crippen molar-refractivity contribution < 1.29 is 4.74 Å². The number of aromatic nitrogens is 2. The standard InChI is InChI=1S/C12H23N5OS/c1-16-6-4-7-17(2)10(9-16)11-14-12(19-15-11)13-5-8-18-3/h10H,4-9H2,1-3H3,(H,13,14,15). The highest BCUT2D eigenvalue weighted by Gasteiger charge is 2.25. The van der Waals surface area contributed by atoms with E-state index in [1.807, 2.05) is 0 Å². The van der Waals surface area contributed by atoms with E-state index in [0.717, 1.165) is 37.1 Å². The summed E-state index contributed by atoms with van der Waals surface area (Å²) in [5, 5.41) is 4.12. The maximum Gasteiger partial charge on any atom is 0.202 e. The Morgan fingerprint density at radius 2 is 2.26 bits per heavy atom. The fourth-order valence-electron chi connectivity index (χ4n) is 2.25. The van der Waals surface area contributed by atoms with Crippen molar-refractivity contribution in [2.24, 2.45) is 0 Å². The smallest absolute Gasteiger partial charge is 0.202 e. The minimum atomic E-state index is 0.293. The summed E-state index contributed by atoms with van der Waals surface area (Å²) in [7, 11) is 6.02. The average Bonchev–Trinajstić information content (AvgIpc) is 2.78. The number of hydrogen-bond donors (Lipinski definition) is 1. The van der Waals surface area contributed by atoms with E-state index in [1.54, 1.807) is 7.11 Å². The summed E-state index contributed by atoms with van der Waals surface area (Å²) >= 11 is 1.43. The van der Waals surface area contributed by atoms with Crippen LogP contribution in [0.3, 0.4) is 0 Å². The quantitative estimate of drug-likeness (QED) is 0.812. The molecule has 1 unspecified atom stereocenters. The molecule has 0 amide bonds. The number of ether oxygens (including phenoxy) is 1. The van der Waals surface area contributed by atoms with Crippen LogP contribution in [0.2, 0.25) is 0 Å². The first-order chi connectivity index (χ1) is 9.20. The highest BCUT2D eigenvalue weighted by atomic mass is 32.1. The maximum absolute atomic E-state index is 5.01. The normalized spacial score (nSPS) is 22.4. The molecule has 19 heavy (non-hydrogen) atoms. The zero-order valence-corrected chi connectivity index (χ0v) is 12.7. The molecular formula is C12H23N5OS. The third kappa shape index (κ3) is 4.10. The lowest BCUT2D eigenvalue weighted by Crippen LogP contribution is -2.31. The number of hydrogen-bond acceptors (Lipinski definition) is 7. The van der Waals surface area contributed by atoms with Crippen LogP contribution in [-0.4, -0.2) is 73.1 Å². The van der Waals surface area contributed by atoms with Crippen molar-refractivity contribution in [1.29, 1.82) is 0 Å². The van der Waals surface area contributed by atoms with Crippen LogP contribution < -0.4 is 5.32 Å². The van der Waals surface area contributed by atoms with Gasteiger partial charge in [0.15, 0.2) is 5.82 Å². The van der Waals surface area contributed by atoms with Crippen LogP contribution in [-0.2, 0) is 4.74 Å². The van der Waals surface area contributed by atoms with E-state index < -0.39 is 0 Å². The van der Waals surface area contributed by atoms with Gasteiger partial charge < -0.3 is 15.0 Å². The highest BCUT2D eigenvalue weighted by Crippen LogP contribution is 2.23. The molecule has 0 aliphatic carbocycles. The predicted octanol–water partition coefficient (Wildman–Crippen LogP) is 0.905. The molecule has 0 saturated carbocycles. The number of nitrogens with zero attached hydrogens (tertiary/aromatic N) is 4. The molecule has 1 saturated heterocycles. The van der Waals surface area contributed by atoms with Crippen LogP contribution in [0.25, 0.3) is 0 Å². The Hall–Kier alpha value is -0.760. The zero-order valence-electron chi connectivity index (χ0n) is 11.9. The topological polar surface area (TPSA) is 53.5 Å². The van der Waals surface area contributed by atoms with Crippen molar-refractivity contribution >= 4 is 16.7 Å². The number of rotatable bonds is 5. The Labute approximate surface area is 118 Å². The van der Waals surface area contributed by atoms with Gasteiger partial charge in [-0.3, -0.25) is 4.90 Å². The van der Waals surface area contributed by atoms with Gasteiger partial charge in [0.05, 0.1) is 12.6 Å². The molecule has 1 N–H and O–H groups in total. The molecule has 0 aromatic carbocycles. The highest BCUT2D eigenvalue weighted by molar-refractivity contribution is 7.09. The van der Waals surface area contributed by atoms with Crippen LogP contribution in [0.4, 0.5) is 5.13 Å². The minimum absolute atomic E-state index is 0.293. The number of methoxy groups -OCH3 is 1. The van der Waals surface area contributed by atoms with Crippen LogP contribution >= 0.6 is 11.5 Å². The summed E-state index contributed by atoms with van der Waals surface area (Å²) in [6, 6.07) is 0.293. The van der Waals surface area contributed by atoms with Gasteiger partial charge in [-0.05, 0) is 33.6 Å². The lowest BCUT2D eigenvalue weighted by atomic mass is 10.2. The molecule has 2 rings (SSSR count). The van der Waals surface area contributed by atoms with E-state index in [2.05, 4.69) is 38.6 Å². The second kappa shape index (κ2) is 7.14. The fraction of sp³-hybridized carbons (Fsp3) is 0.833. The first-order valence-corrected chi connectivity index (χ1v) is 7.43. The lowest BCUT2D eigenvalue weighted by molar-refractivity contribution is 0.210. The van der Waals surface area contributed by atoms with Crippen LogP contribution in [0, 0.1) is 0 Å². The maximum atomic E-state index is 5.01. The van der Waals surface area contributed by atoms with E-state index in [9.17, 15) is 0 Å². The summed E-state index contributed by atoms with van der Waals surface area (Å²) in [4.78, 5) is 9.31. The molecule has 1 aromatic rings. The molecule has 0 spiro atoms. The van der Waals surface area contributed by atoms with Gasteiger partial charge in [0, 0.05) is 31.7 Å². The van der Waals surface area contributed by atoms with Gasteiger partial charge in [-0.25, -0.2) is 4.98 Å². The lowest BCUT2D eigenvalue weighted by Gasteiger charge is -2.24. The van der Waals surface area contributed by atoms with Gasteiger partial charge in [-0.2, -0.15) is 4.37 Å². The van der Waals surface area contributed by atoms with E-state index in [-0.39, 0.29) is 0 Å². The van der Waals surface area contributed by atoms with Crippen molar-refractivity contribution in [3.8, 4) is 0 Å². The molecule has 7 heteroatoms. The van der Waals surface area contributed by atoms with Crippen LogP contribution in [0.5, 0.6) is 0 Å². The third-order valence-corrected chi connectivity index (χ3v) is 4.08. The molecule has 1 aliphatic heterocycles. The average molecular weight is 285 g/mol. The number of nitrogens with one attached hydrogen (secondary N) is 1. The zero-order chi connectivity index (χ0) is 13.7. The van der Waals surface area contributed by atoms with Gasteiger partial charge >= 0.3 is 0 Å². The Balaban J connectivity index is 1.99. The van der Waals surface area contributed by atoms with E-state index in [4.69, 9.17) is 4.74 Å². The molecule has 0 bridgehead atoms. The molecule has 1 fully saturated rings. The SMILES string of the molecule is COCCNc1nc(C2CN(C)CCCN2C)ns1. The number of anilines is 1. The molecule has 1 atom stereocenters. The van der Waals surface area contributed by atoms with Crippen molar-refractivity contribution in [2.45, 2.75) is 12.5 Å². The molecule has 0 radical (unpaired) electrons. The largest absolute Gasteiger partial charge is 0.383 e. The first-order valence-electron chi connectivity index (χ1n) is 6.66. The Morgan fingerprint density at radius 1 is 1.42 bits per heavy atom. The van der Waals surface area contributed by atoms with Gasteiger partial charge in [0.1, 0.15) is 0 Å². The molecule has 108 valence electrons. The van der Waals surface area contributed by atoms with E-state index in [1.165, 1.54) is 18.0 Å². The van der Waals surface area contributed by atoms with Gasteiger partial charge in [0.25, 0.3) is 0 Å². The first kappa shape index (κ1) is 14.6. The minimum Gasteiger partial charge on any atom is -0.383 e. The molecule has 2 heterocycles. The molecular weight excluding hydrogens is 262 g/mol. The molecule has 1 aromatic heterocycles. The van der Waals surface area contributed by atoms with Gasteiger partial charge in [-0.15, -0.1) is 0 Å². The van der Waals surface area contributed by atoms with Gasteiger partial charge in [-0.1, -0.05) is 0 Å². The Kier molecular flexibility index (Phi) is 5.50. The molecule has 1 aliphatic rings. The second-order valence-corrected chi connectivity index (χ2v) is 5.74. The monoisotopic (exact) mass is 285 g/mol. The predicted molar refractivity (Wildman–Crippen MR) is 77.8 cm³/mol. The summed E-state index contributed by atoms with van der Waals surface area (Å²) in [6.07, 6.45) is 1.20. The summed E-state index contributed by atoms with van der Waals surface area (Å²) < 4.78 is 9.52. The van der Waals surface area contributed by atoms with Crippen molar-refractivity contribution in [3.05, 3.63) is 5.82 Å². The Bertz CT molecular complexity index is 386. The van der Waals surface area contributed by atoms with E-state index >= 15 is 0 Å². The van der Waals surface area contributed by atoms with Crippen molar-refractivity contribution in [1.82, 2.24) is 19.2 Å². The van der Waals surface area contributed by atoms with Crippen LogP contribution in [0.1, 0.15) is 18.3 Å². The second-order valence-electron chi connectivity index (χ2n) is 4.99. The summed E-state index contributed by atoms with van der Waals surface area (Å²) in [6.45, 7) is 4.68. The van der Waals surface area contributed by atoms with Crippen LogP contribution in [0.15, 0.2) is 0 Å². The van der Waals surface area contributed by atoms with Gasteiger partial charge in [0.2, 0.25) is 5.13 Å². The Morgan fingerprint density at radius 3 is 3.05 bits per heavy atom. The molecule has 6 nitrogen and oxygen atoms in total. The number of likely N-dealkylation sites (N-methyl/N-ethyl adjacent to an activating group) is 2. The third-order valence-electron chi connectivity index (χ3n) is 3.39. The fourth-order valence-corrected chi connectivity index (χ4v) is 2.90. The van der Waals surface area contributed by atoms with Crippen molar-refractivity contribution in [2.75, 3.05) is 59.3 Å². The summed E-state index contributed by atoms with van der Waals surface area (Å²) in [5.41, 5.74) is 0. The van der Waals surface area contributed by atoms with E-state index in [0.29, 0.717) is 12.6 Å². The summed E-state index contributed by atoms with van der Waals surface area (Å²) in [5.74, 6) is 0.932.